The van der Waals surface area contributed by atoms with Crippen LogP contribution in [0.3, 0.4) is 0 Å². The van der Waals surface area contributed by atoms with Crippen molar-refractivity contribution in [1.82, 2.24) is 0 Å². The van der Waals surface area contributed by atoms with Crippen LogP contribution < -0.4 is 11.1 Å². The van der Waals surface area contributed by atoms with Gasteiger partial charge >= 0.3 is 5.97 Å². The number of aromatic carboxylic acids is 1. The number of amides is 1. The normalized spacial score (nSPS) is 17.2. The highest BCUT2D eigenvalue weighted by atomic mass is 79.9. The lowest BCUT2D eigenvalue weighted by Gasteiger charge is -2.32. The molecule has 0 heterocycles. The maximum Gasteiger partial charge on any atom is 0.337 e. The summed E-state index contributed by atoms with van der Waals surface area (Å²) in [6.45, 7) is 0. The first-order valence-electron chi connectivity index (χ1n) is 7.01. The molecular weight excluding hydrogens is 336 g/mol. The van der Waals surface area contributed by atoms with E-state index >= 15 is 0 Å². The zero-order valence-electron chi connectivity index (χ0n) is 11.7. The minimum absolute atomic E-state index is 0.0706. The van der Waals surface area contributed by atoms with Crippen molar-refractivity contribution in [3.05, 3.63) is 28.2 Å². The molecular formula is C15H19BrN2O3. The van der Waals surface area contributed by atoms with E-state index in [0.29, 0.717) is 10.2 Å². The van der Waals surface area contributed by atoms with Gasteiger partial charge in [0.05, 0.1) is 11.3 Å². The monoisotopic (exact) mass is 354 g/mol. The van der Waals surface area contributed by atoms with Gasteiger partial charge in [0.15, 0.2) is 0 Å². The summed E-state index contributed by atoms with van der Waals surface area (Å²) in [5.41, 5.74) is 6.16. The van der Waals surface area contributed by atoms with Crippen LogP contribution in [0.15, 0.2) is 22.7 Å². The number of carbonyl (C=O) groups excluding carboxylic acids is 1. The molecule has 0 unspecified atom stereocenters. The van der Waals surface area contributed by atoms with Crippen molar-refractivity contribution in [2.75, 3.05) is 5.32 Å². The molecule has 0 bridgehead atoms. The number of carboxylic acids is 1. The van der Waals surface area contributed by atoms with Crippen LogP contribution in [0.5, 0.6) is 0 Å². The molecule has 0 radical (unpaired) electrons. The molecule has 5 nitrogen and oxygen atoms in total. The second-order valence-corrected chi connectivity index (χ2v) is 6.56. The van der Waals surface area contributed by atoms with Gasteiger partial charge in [0.1, 0.15) is 0 Å². The SMILES string of the molecule is NC1(CC(=O)Nc2cc(Br)ccc2C(=O)O)CCCCC1. The van der Waals surface area contributed by atoms with Gasteiger partial charge in [-0.15, -0.1) is 0 Å². The lowest BCUT2D eigenvalue weighted by Crippen LogP contribution is -2.44. The Morgan fingerprint density at radius 3 is 2.57 bits per heavy atom. The minimum Gasteiger partial charge on any atom is -0.478 e. The Hall–Kier alpha value is -1.40. The van der Waals surface area contributed by atoms with Gasteiger partial charge in [-0.2, -0.15) is 0 Å². The summed E-state index contributed by atoms with van der Waals surface area (Å²) in [5.74, 6) is -1.31. The maximum absolute atomic E-state index is 12.2. The smallest absolute Gasteiger partial charge is 0.337 e. The highest BCUT2D eigenvalue weighted by Gasteiger charge is 2.30. The number of rotatable bonds is 4. The van der Waals surface area contributed by atoms with Crippen molar-refractivity contribution in [3.63, 3.8) is 0 Å². The van der Waals surface area contributed by atoms with Crippen LogP contribution in [-0.2, 0) is 4.79 Å². The summed E-state index contributed by atoms with van der Waals surface area (Å²) in [7, 11) is 0. The van der Waals surface area contributed by atoms with Gasteiger partial charge in [-0.25, -0.2) is 4.79 Å². The molecule has 1 saturated carbocycles. The van der Waals surface area contributed by atoms with Crippen molar-refractivity contribution < 1.29 is 14.7 Å². The van der Waals surface area contributed by atoms with Crippen LogP contribution in [0.2, 0.25) is 0 Å². The van der Waals surface area contributed by atoms with Crippen LogP contribution in [0.4, 0.5) is 5.69 Å². The Bertz CT molecular complexity index is 554. The van der Waals surface area contributed by atoms with Crippen LogP contribution in [0.1, 0.15) is 48.9 Å². The van der Waals surface area contributed by atoms with E-state index in [0.717, 1.165) is 32.1 Å². The summed E-state index contributed by atoms with van der Waals surface area (Å²) in [5, 5.41) is 11.8. The van der Waals surface area contributed by atoms with Crippen LogP contribution >= 0.6 is 15.9 Å². The van der Waals surface area contributed by atoms with E-state index in [1.54, 1.807) is 12.1 Å². The van der Waals surface area contributed by atoms with Crippen molar-refractivity contribution in [2.24, 2.45) is 5.73 Å². The maximum atomic E-state index is 12.2. The molecule has 0 atom stereocenters. The molecule has 0 aliphatic heterocycles. The Morgan fingerprint density at radius 2 is 1.95 bits per heavy atom. The predicted octanol–water partition coefficient (Wildman–Crippen LogP) is 3.14. The van der Waals surface area contributed by atoms with Crippen molar-refractivity contribution >= 4 is 33.5 Å². The van der Waals surface area contributed by atoms with E-state index in [1.165, 1.54) is 6.07 Å². The number of hydrogen-bond donors (Lipinski definition) is 3. The second-order valence-electron chi connectivity index (χ2n) is 5.64. The molecule has 1 aromatic carbocycles. The highest BCUT2D eigenvalue weighted by molar-refractivity contribution is 9.10. The first kappa shape index (κ1) is 16.0. The molecule has 0 aromatic heterocycles. The molecule has 1 amide bonds. The van der Waals surface area contributed by atoms with Crippen LogP contribution in [0, 0.1) is 0 Å². The summed E-state index contributed by atoms with van der Waals surface area (Å²) in [6, 6.07) is 4.68. The van der Waals surface area contributed by atoms with Gasteiger partial charge in [0.25, 0.3) is 0 Å². The van der Waals surface area contributed by atoms with Gasteiger partial charge in [-0.05, 0) is 31.0 Å². The summed E-state index contributed by atoms with van der Waals surface area (Å²) < 4.78 is 0.711. The number of carbonyl (C=O) groups is 2. The molecule has 1 aromatic rings. The molecule has 2 rings (SSSR count). The van der Waals surface area contributed by atoms with Crippen molar-refractivity contribution in [2.45, 2.75) is 44.1 Å². The second kappa shape index (κ2) is 6.58. The third-order valence-electron chi connectivity index (χ3n) is 3.85. The predicted molar refractivity (Wildman–Crippen MR) is 84.4 cm³/mol. The molecule has 1 fully saturated rings. The molecule has 1 aliphatic rings. The summed E-state index contributed by atoms with van der Waals surface area (Å²) in [6.07, 6.45) is 5.14. The van der Waals surface area contributed by atoms with Crippen LogP contribution in [0.25, 0.3) is 0 Å². The molecule has 0 saturated heterocycles. The number of nitrogens with two attached hydrogens (primary N) is 1. The van der Waals surface area contributed by atoms with Gasteiger partial charge in [0, 0.05) is 16.4 Å². The van der Waals surface area contributed by atoms with E-state index in [1.807, 2.05) is 0 Å². The number of halogens is 1. The average molecular weight is 355 g/mol. The fourth-order valence-electron chi connectivity index (χ4n) is 2.75. The molecule has 6 heteroatoms. The molecule has 114 valence electrons. The Kier molecular flexibility index (Phi) is 5.00. The number of benzene rings is 1. The zero-order valence-corrected chi connectivity index (χ0v) is 13.3. The summed E-state index contributed by atoms with van der Waals surface area (Å²) in [4.78, 5) is 23.3. The van der Waals surface area contributed by atoms with Crippen molar-refractivity contribution in [1.29, 1.82) is 0 Å². The van der Waals surface area contributed by atoms with Crippen LogP contribution in [-0.4, -0.2) is 22.5 Å². The third kappa shape index (κ3) is 4.28. The highest BCUT2D eigenvalue weighted by Crippen LogP contribution is 2.29. The Balaban J connectivity index is 2.09. The Morgan fingerprint density at radius 1 is 1.29 bits per heavy atom. The van der Waals surface area contributed by atoms with E-state index in [4.69, 9.17) is 10.8 Å². The first-order chi connectivity index (χ1) is 9.89. The quantitative estimate of drug-likeness (QED) is 0.774. The first-order valence-corrected chi connectivity index (χ1v) is 7.80. The van der Waals surface area contributed by atoms with E-state index in [-0.39, 0.29) is 17.9 Å². The molecule has 4 N–H and O–H groups in total. The number of nitrogens with one attached hydrogen (secondary N) is 1. The topological polar surface area (TPSA) is 92.4 Å². The fraction of sp³-hybridized carbons (Fsp3) is 0.467. The van der Waals surface area contributed by atoms with Gasteiger partial charge in [0.2, 0.25) is 5.91 Å². The fourth-order valence-corrected chi connectivity index (χ4v) is 3.11. The average Bonchev–Trinajstić information content (AvgIpc) is 2.38. The number of anilines is 1. The lowest BCUT2D eigenvalue weighted by molar-refractivity contribution is -0.117. The largest absolute Gasteiger partial charge is 0.478 e. The van der Waals surface area contributed by atoms with Gasteiger partial charge in [-0.1, -0.05) is 35.2 Å². The third-order valence-corrected chi connectivity index (χ3v) is 4.34. The standard InChI is InChI=1S/C15H19BrN2O3/c16-10-4-5-11(14(20)21)12(8-10)18-13(19)9-15(17)6-2-1-3-7-15/h4-5,8H,1-3,6-7,9,17H2,(H,18,19)(H,20,21). The van der Waals surface area contributed by atoms with Crippen molar-refractivity contribution in [3.8, 4) is 0 Å². The van der Waals surface area contributed by atoms with Gasteiger partial charge < -0.3 is 16.2 Å². The summed E-state index contributed by atoms with van der Waals surface area (Å²) >= 11 is 3.28. The van der Waals surface area contributed by atoms with E-state index in [9.17, 15) is 9.59 Å². The van der Waals surface area contributed by atoms with Gasteiger partial charge in [-0.3, -0.25) is 4.79 Å². The minimum atomic E-state index is -1.07. The number of hydrogen-bond acceptors (Lipinski definition) is 3. The molecule has 1 aliphatic carbocycles. The Labute approximate surface area is 132 Å². The zero-order chi connectivity index (χ0) is 15.5. The lowest BCUT2D eigenvalue weighted by atomic mass is 9.80. The van der Waals surface area contributed by atoms with E-state index < -0.39 is 11.5 Å². The molecule has 0 spiro atoms. The van der Waals surface area contributed by atoms with E-state index in [2.05, 4.69) is 21.2 Å². The number of carboxylic acid groups (broad SMARTS) is 1. The molecule has 21 heavy (non-hydrogen) atoms.